The van der Waals surface area contributed by atoms with Crippen molar-refractivity contribution >= 4 is 11.8 Å². The second-order valence-corrected chi connectivity index (χ2v) is 1.45. The fourth-order valence-corrected chi connectivity index (χ4v) is 0. The Kier molecular flexibility index (Phi) is 32.6. The summed E-state index contributed by atoms with van der Waals surface area (Å²) in [5.41, 5.74) is 0. The van der Waals surface area contributed by atoms with Crippen LogP contribution in [0.5, 0.6) is 0 Å². The Morgan fingerprint density at radius 2 is 1.50 bits per heavy atom. The van der Waals surface area contributed by atoms with Gasteiger partial charge in [-0.05, 0) is 12.5 Å². The molecule has 0 atom stereocenters. The molecule has 0 radical (unpaired) electrons. The molecule has 0 aromatic rings. The molecule has 0 aromatic carbocycles. The maximum Gasteiger partial charge on any atom is 0.0587 e. The van der Waals surface area contributed by atoms with E-state index in [0.717, 1.165) is 0 Å². The van der Waals surface area contributed by atoms with Crippen molar-refractivity contribution in [2.75, 3.05) is 12.5 Å². The van der Waals surface area contributed by atoms with Gasteiger partial charge in [0.25, 0.3) is 0 Å². The van der Waals surface area contributed by atoms with E-state index in [1.54, 1.807) is 17.8 Å². The van der Waals surface area contributed by atoms with Crippen LogP contribution in [-0.4, -0.2) is 12.5 Å². The van der Waals surface area contributed by atoms with Gasteiger partial charge in [-0.1, -0.05) is 0 Å². The second kappa shape index (κ2) is 21.1. The van der Waals surface area contributed by atoms with Gasteiger partial charge < -0.3 is 0 Å². The van der Waals surface area contributed by atoms with Gasteiger partial charge in [-0.2, -0.15) is 17.0 Å². The molecule has 0 heterocycles. The molecular formula is C4H9NS. The van der Waals surface area contributed by atoms with Crippen molar-refractivity contribution in [3.63, 3.8) is 0 Å². The minimum Gasteiger partial charge on any atom is -0.199 e. The van der Waals surface area contributed by atoms with E-state index in [2.05, 4.69) is 0 Å². The van der Waals surface area contributed by atoms with Crippen LogP contribution in [-0.2, 0) is 0 Å². The van der Waals surface area contributed by atoms with Crippen molar-refractivity contribution < 1.29 is 0 Å². The van der Waals surface area contributed by atoms with Gasteiger partial charge >= 0.3 is 0 Å². The van der Waals surface area contributed by atoms with Crippen molar-refractivity contribution in [2.45, 2.75) is 6.92 Å². The number of hydrogen-bond acceptors (Lipinski definition) is 2. The topological polar surface area (TPSA) is 23.8 Å². The molecule has 0 amide bonds. The molecule has 6 heavy (non-hydrogen) atoms. The molecule has 0 fully saturated rings. The average Bonchev–Trinajstić information content (AvgIpc) is 1.39. The molecule has 0 unspecified atom stereocenters. The minimum absolute atomic E-state index is 1.43. The number of nitrogens with zero attached hydrogens (tertiary/aromatic N) is 1. The van der Waals surface area contributed by atoms with Crippen LogP contribution in [0.15, 0.2) is 0 Å². The van der Waals surface area contributed by atoms with Crippen molar-refractivity contribution in [2.24, 2.45) is 0 Å². The highest BCUT2D eigenvalue weighted by molar-refractivity contribution is 7.97. The van der Waals surface area contributed by atoms with Gasteiger partial charge in [-0.3, -0.25) is 0 Å². The zero-order valence-electron chi connectivity index (χ0n) is 4.36. The fraction of sp³-hybridized carbons (Fsp3) is 0.750. The molecule has 0 bridgehead atoms. The van der Waals surface area contributed by atoms with Crippen LogP contribution in [0.4, 0.5) is 0 Å². The lowest BCUT2D eigenvalue weighted by molar-refractivity contribution is 1.49. The van der Waals surface area contributed by atoms with E-state index < -0.39 is 0 Å². The maximum absolute atomic E-state index is 7.32. The van der Waals surface area contributed by atoms with Gasteiger partial charge in [-0.25, -0.2) is 0 Å². The third kappa shape index (κ3) is 1210. The minimum atomic E-state index is 1.43. The summed E-state index contributed by atoms with van der Waals surface area (Å²) in [7, 11) is 0. The number of hydrogen-bond donors (Lipinski definition) is 0. The smallest absolute Gasteiger partial charge is 0.0587 e. The zero-order chi connectivity index (χ0) is 5.41. The van der Waals surface area contributed by atoms with E-state index in [-0.39, 0.29) is 0 Å². The molecule has 0 aliphatic rings. The average molecular weight is 103 g/mol. The van der Waals surface area contributed by atoms with Crippen LogP contribution < -0.4 is 0 Å². The first kappa shape index (κ1) is 9.28. The molecule has 2 heteroatoms. The van der Waals surface area contributed by atoms with Crippen molar-refractivity contribution in [3.8, 4) is 6.07 Å². The van der Waals surface area contributed by atoms with Crippen LogP contribution in [0.1, 0.15) is 6.92 Å². The number of rotatable bonds is 0. The molecule has 36 valence electrons. The molecule has 0 aromatic heterocycles. The summed E-state index contributed by atoms with van der Waals surface area (Å²) in [5, 5.41) is 7.32. The highest BCUT2D eigenvalue weighted by atomic mass is 32.2. The van der Waals surface area contributed by atoms with Gasteiger partial charge in [0, 0.05) is 6.92 Å². The highest BCUT2D eigenvalue weighted by Gasteiger charge is 1.32. The Bertz CT molecular complexity index is 37.3. The van der Waals surface area contributed by atoms with Gasteiger partial charge in [0.15, 0.2) is 0 Å². The van der Waals surface area contributed by atoms with E-state index >= 15 is 0 Å². The lowest BCUT2D eigenvalue weighted by atomic mass is 11.0. The van der Waals surface area contributed by atoms with Crippen LogP contribution in [0.25, 0.3) is 0 Å². The Balaban J connectivity index is 0. The Labute approximate surface area is 43.4 Å². The summed E-state index contributed by atoms with van der Waals surface area (Å²) < 4.78 is 0. The standard InChI is InChI=1S/C2H3N.C2H6S/c1-2-3;1-3-2/h1H3;1-2H3. The predicted octanol–water partition coefficient (Wildman–Crippen LogP) is 1.51. The predicted molar refractivity (Wildman–Crippen MR) is 30.7 cm³/mol. The molecule has 0 spiro atoms. The van der Waals surface area contributed by atoms with Gasteiger partial charge in [0.2, 0.25) is 0 Å². The molecule has 0 aliphatic carbocycles. The molecule has 1 nitrogen and oxygen atoms in total. The first-order valence-electron chi connectivity index (χ1n) is 1.54. The van der Waals surface area contributed by atoms with Gasteiger partial charge in [0.05, 0.1) is 6.07 Å². The summed E-state index contributed by atoms with van der Waals surface area (Å²) in [4.78, 5) is 0. The van der Waals surface area contributed by atoms with Crippen molar-refractivity contribution in [3.05, 3.63) is 0 Å². The first-order chi connectivity index (χ1) is 2.83. The SMILES string of the molecule is CC#N.CSC. The molecule has 0 saturated heterocycles. The second-order valence-electron chi connectivity index (χ2n) is 0.632. The molecule has 0 rings (SSSR count). The molecule has 0 aliphatic heterocycles. The maximum atomic E-state index is 7.32. The van der Waals surface area contributed by atoms with Crippen LogP contribution in [0.3, 0.4) is 0 Å². The summed E-state index contributed by atoms with van der Waals surface area (Å²) in [6.07, 6.45) is 4.08. The molecule has 0 saturated carbocycles. The number of nitriles is 1. The quantitative estimate of drug-likeness (QED) is 0.464. The molecule has 0 N–H and O–H groups in total. The third-order valence-corrected chi connectivity index (χ3v) is 0. The lowest BCUT2D eigenvalue weighted by Gasteiger charge is -1.51. The Hall–Kier alpha value is -0.160. The van der Waals surface area contributed by atoms with Gasteiger partial charge in [0.1, 0.15) is 0 Å². The van der Waals surface area contributed by atoms with Crippen LogP contribution >= 0.6 is 11.8 Å². The number of thioether (sulfide) groups is 1. The third-order valence-electron chi connectivity index (χ3n) is 0. The van der Waals surface area contributed by atoms with Crippen molar-refractivity contribution in [1.29, 1.82) is 5.26 Å². The van der Waals surface area contributed by atoms with Gasteiger partial charge in [-0.15, -0.1) is 0 Å². The molecular weight excluding hydrogens is 94.1 g/mol. The van der Waals surface area contributed by atoms with E-state index in [1.807, 2.05) is 12.5 Å². The highest BCUT2D eigenvalue weighted by Crippen LogP contribution is 1.70. The van der Waals surface area contributed by atoms with Crippen LogP contribution in [0, 0.1) is 11.3 Å². The summed E-state index contributed by atoms with van der Waals surface area (Å²) in [5.74, 6) is 0. The summed E-state index contributed by atoms with van der Waals surface area (Å²) in [6, 6.07) is 1.75. The Morgan fingerprint density at radius 3 is 1.50 bits per heavy atom. The Morgan fingerprint density at radius 1 is 1.50 bits per heavy atom. The normalized spacial score (nSPS) is 4.33. The van der Waals surface area contributed by atoms with E-state index in [1.165, 1.54) is 6.92 Å². The first-order valence-corrected chi connectivity index (χ1v) is 3.17. The lowest BCUT2D eigenvalue weighted by Crippen LogP contribution is -1.25. The largest absolute Gasteiger partial charge is 0.199 e. The van der Waals surface area contributed by atoms with E-state index in [4.69, 9.17) is 5.26 Å². The fourth-order valence-electron chi connectivity index (χ4n) is 0. The van der Waals surface area contributed by atoms with E-state index in [0.29, 0.717) is 0 Å². The summed E-state index contributed by atoms with van der Waals surface area (Å²) in [6.45, 7) is 1.43. The summed E-state index contributed by atoms with van der Waals surface area (Å²) >= 11 is 1.75. The van der Waals surface area contributed by atoms with Crippen LogP contribution in [0.2, 0.25) is 0 Å². The zero-order valence-corrected chi connectivity index (χ0v) is 5.17. The van der Waals surface area contributed by atoms with E-state index in [9.17, 15) is 0 Å². The van der Waals surface area contributed by atoms with Crippen molar-refractivity contribution in [1.82, 2.24) is 0 Å². The monoisotopic (exact) mass is 103 g/mol.